The van der Waals surface area contributed by atoms with E-state index in [-0.39, 0.29) is 56.6 Å². The Hall–Kier alpha value is -5.24. The Labute approximate surface area is 258 Å². The molecule has 6 rings (SSSR count). The monoisotopic (exact) mass is 652 g/mol. The number of rotatable bonds is 7. The number of benzene rings is 3. The summed E-state index contributed by atoms with van der Waals surface area (Å²) in [4.78, 5) is 32.8. The van der Waals surface area contributed by atoms with Gasteiger partial charge in [-0.25, -0.2) is 12.8 Å². The number of anilines is 1. The molecule has 236 valence electrons. The number of H-pyrrole nitrogens is 1. The van der Waals surface area contributed by atoms with E-state index in [0.29, 0.717) is 10.8 Å². The molecule has 1 amide bonds. The van der Waals surface area contributed by atoms with Crippen LogP contribution in [0.2, 0.25) is 0 Å². The summed E-state index contributed by atoms with van der Waals surface area (Å²) < 4.78 is 88.7. The van der Waals surface area contributed by atoms with Gasteiger partial charge >= 0.3 is 6.18 Å². The molecule has 0 fully saturated rings. The number of hydrogen-bond acceptors (Lipinski definition) is 6. The van der Waals surface area contributed by atoms with E-state index in [9.17, 15) is 35.6 Å². The van der Waals surface area contributed by atoms with Gasteiger partial charge in [0.2, 0.25) is 10.0 Å². The number of alkyl halides is 3. The van der Waals surface area contributed by atoms with Gasteiger partial charge in [0.15, 0.2) is 6.04 Å². The van der Waals surface area contributed by atoms with Crippen LogP contribution in [-0.4, -0.2) is 43.3 Å². The first-order valence-electron chi connectivity index (χ1n) is 13.8. The third kappa shape index (κ3) is 5.55. The number of carbonyl (C=O) groups is 1. The molecule has 9 nitrogen and oxygen atoms in total. The van der Waals surface area contributed by atoms with Crippen LogP contribution < -0.4 is 15.2 Å². The quantitative estimate of drug-likeness (QED) is 0.191. The standard InChI is InChI=1S/C32H24F4N4O5S/c1-3-40(46(2,43)44)25-15-26-23(27-28(45-26)21-10-9-20(33)13-24(21)38-31(27)42)14-22(25)17-6-4-7-18(12-17)30(41)39-29(32(34,35)36)19-8-5-11-37-16-19/h4-16,29H,3H2,1-2H3,(H,38,42)(H,39,41). The molecule has 0 spiro atoms. The molecule has 0 bridgehead atoms. The van der Waals surface area contributed by atoms with E-state index in [1.807, 2.05) is 5.32 Å². The van der Waals surface area contributed by atoms with Crippen molar-refractivity contribution < 1.29 is 35.2 Å². The van der Waals surface area contributed by atoms with Gasteiger partial charge in [0.1, 0.15) is 17.0 Å². The Morgan fingerprint density at radius 3 is 2.52 bits per heavy atom. The van der Waals surface area contributed by atoms with Crippen molar-refractivity contribution in [3.63, 3.8) is 0 Å². The lowest BCUT2D eigenvalue weighted by molar-refractivity contribution is -0.155. The number of amides is 1. The molecule has 0 aliphatic heterocycles. The number of nitrogens with one attached hydrogen (secondary N) is 2. The number of furan rings is 1. The van der Waals surface area contributed by atoms with Gasteiger partial charge in [0, 0.05) is 52.5 Å². The summed E-state index contributed by atoms with van der Waals surface area (Å²) in [6.45, 7) is 1.61. The molecule has 46 heavy (non-hydrogen) atoms. The summed E-state index contributed by atoms with van der Waals surface area (Å²) >= 11 is 0. The Balaban J connectivity index is 1.54. The number of hydrogen-bond donors (Lipinski definition) is 2. The summed E-state index contributed by atoms with van der Waals surface area (Å²) in [5, 5.41) is 2.86. The van der Waals surface area contributed by atoms with Crippen molar-refractivity contribution >= 4 is 54.5 Å². The maximum atomic E-state index is 14.0. The maximum Gasteiger partial charge on any atom is 0.412 e. The molecule has 14 heteroatoms. The van der Waals surface area contributed by atoms with Crippen LogP contribution >= 0.6 is 0 Å². The molecule has 0 saturated carbocycles. The Morgan fingerprint density at radius 2 is 1.85 bits per heavy atom. The first-order chi connectivity index (χ1) is 21.8. The van der Waals surface area contributed by atoms with Crippen molar-refractivity contribution in [1.29, 1.82) is 0 Å². The highest BCUT2D eigenvalue weighted by molar-refractivity contribution is 7.92. The molecule has 0 aliphatic carbocycles. The van der Waals surface area contributed by atoms with Gasteiger partial charge in [-0.2, -0.15) is 13.2 Å². The van der Waals surface area contributed by atoms with Gasteiger partial charge in [0.25, 0.3) is 11.5 Å². The topological polar surface area (TPSA) is 125 Å². The number of fused-ring (bicyclic) bond motifs is 5. The number of sulfonamides is 1. The number of aromatic nitrogens is 2. The second-order valence-electron chi connectivity index (χ2n) is 10.6. The van der Waals surface area contributed by atoms with Crippen molar-refractivity contribution in [2.45, 2.75) is 19.1 Å². The highest BCUT2D eigenvalue weighted by Crippen LogP contribution is 2.41. The molecule has 1 atom stereocenters. The second kappa shape index (κ2) is 11.3. The molecular weight excluding hydrogens is 628 g/mol. The lowest BCUT2D eigenvalue weighted by Crippen LogP contribution is -2.38. The molecule has 3 aromatic heterocycles. The fraction of sp³-hybridized carbons (Fsp3) is 0.156. The summed E-state index contributed by atoms with van der Waals surface area (Å²) in [5.41, 5.74) is 0.231. The minimum atomic E-state index is -4.82. The first kappa shape index (κ1) is 30.8. The molecule has 1 unspecified atom stereocenters. The average molecular weight is 653 g/mol. The normalized spacial score (nSPS) is 12.9. The van der Waals surface area contributed by atoms with E-state index in [0.717, 1.165) is 22.8 Å². The van der Waals surface area contributed by atoms with E-state index in [1.54, 1.807) is 13.0 Å². The van der Waals surface area contributed by atoms with Crippen LogP contribution in [0.15, 0.2) is 88.3 Å². The fourth-order valence-electron chi connectivity index (χ4n) is 5.51. The Morgan fingerprint density at radius 1 is 1.07 bits per heavy atom. The number of aromatic amines is 1. The Bertz CT molecular complexity index is 2320. The minimum Gasteiger partial charge on any atom is -0.455 e. The van der Waals surface area contributed by atoms with Crippen LogP contribution in [-0.2, 0) is 10.0 Å². The molecule has 3 aromatic carbocycles. The molecule has 6 aromatic rings. The molecular formula is C32H24F4N4O5S. The number of nitrogens with zero attached hydrogens (tertiary/aromatic N) is 2. The van der Waals surface area contributed by atoms with Crippen LogP contribution in [0.4, 0.5) is 23.2 Å². The summed E-state index contributed by atoms with van der Waals surface area (Å²) in [6.07, 6.45) is -1.49. The molecule has 2 N–H and O–H groups in total. The number of pyridine rings is 2. The van der Waals surface area contributed by atoms with E-state index < -0.39 is 39.5 Å². The molecule has 0 radical (unpaired) electrons. The van der Waals surface area contributed by atoms with Gasteiger partial charge < -0.3 is 14.7 Å². The van der Waals surface area contributed by atoms with Gasteiger partial charge in [-0.1, -0.05) is 18.2 Å². The summed E-state index contributed by atoms with van der Waals surface area (Å²) in [6, 6.07) is 12.6. The highest BCUT2D eigenvalue weighted by atomic mass is 32.2. The van der Waals surface area contributed by atoms with E-state index in [1.165, 1.54) is 60.8 Å². The zero-order valence-corrected chi connectivity index (χ0v) is 25.0. The van der Waals surface area contributed by atoms with Gasteiger partial charge in [-0.15, -0.1) is 0 Å². The van der Waals surface area contributed by atoms with E-state index in [2.05, 4.69) is 9.97 Å². The fourth-order valence-corrected chi connectivity index (χ4v) is 6.49. The third-order valence-electron chi connectivity index (χ3n) is 7.52. The SMILES string of the molecule is CCN(c1cc2oc3c4ccc(F)cc4[nH]c(=O)c3c2cc1-c1cccc(C(=O)NC(c2cccnc2)C(F)(F)F)c1)S(C)(=O)=O. The van der Waals surface area contributed by atoms with Gasteiger partial charge in [0.05, 0.1) is 22.8 Å². The zero-order valence-electron chi connectivity index (χ0n) is 24.1. The smallest absolute Gasteiger partial charge is 0.412 e. The number of halogens is 4. The molecule has 0 saturated heterocycles. The largest absolute Gasteiger partial charge is 0.455 e. The molecule has 0 aliphatic rings. The van der Waals surface area contributed by atoms with Crippen molar-refractivity contribution in [2.75, 3.05) is 17.1 Å². The van der Waals surface area contributed by atoms with Crippen molar-refractivity contribution in [1.82, 2.24) is 15.3 Å². The zero-order chi connectivity index (χ0) is 33.0. The van der Waals surface area contributed by atoms with E-state index in [4.69, 9.17) is 4.42 Å². The lowest BCUT2D eigenvalue weighted by Gasteiger charge is -2.24. The van der Waals surface area contributed by atoms with Crippen molar-refractivity contribution in [2.24, 2.45) is 0 Å². The predicted molar refractivity (Wildman–Crippen MR) is 166 cm³/mol. The second-order valence-corrected chi connectivity index (χ2v) is 12.5. The first-order valence-corrected chi connectivity index (χ1v) is 15.7. The minimum absolute atomic E-state index is 0.00108. The van der Waals surface area contributed by atoms with Gasteiger partial charge in [-0.3, -0.25) is 18.9 Å². The van der Waals surface area contributed by atoms with Crippen LogP contribution in [0.25, 0.3) is 44.0 Å². The predicted octanol–water partition coefficient (Wildman–Crippen LogP) is 6.45. The number of carbonyl (C=O) groups excluding carboxylic acids is 1. The lowest BCUT2D eigenvalue weighted by atomic mass is 9.98. The van der Waals surface area contributed by atoms with Gasteiger partial charge in [-0.05, 0) is 55.0 Å². The van der Waals surface area contributed by atoms with Crippen LogP contribution in [0.1, 0.15) is 28.9 Å². The average Bonchev–Trinajstić information content (AvgIpc) is 3.38. The van der Waals surface area contributed by atoms with Crippen LogP contribution in [0.5, 0.6) is 0 Å². The van der Waals surface area contributed by atoms with Crippen molar-refractivity contribution in [3.05, 3.63) is 106 Å². The summed E-state index contributed by atoms with van der Waals surface area (Å²) in [5.74, 6) is -1.60. The summed E-state index contributed by atoms with van der Waals surface area (Å²) in [7, 11) is -3.86. The van der Waals surface area contributed by atoms with Crippen molar-refractivity contribution in [3.8, 4) is 11.1 Å². The Kier molecular flexibility index (Phi) is 7.55. The molecule has 3 heterocycles. The van der Waals surface area contributed by atoms with Crippen LogP contribution in [0.3, 0.4) is 0 Å². The van der Waals surface area contributed by atoms with E-state index >= 15 is 0 Å². The maximum absolute atomic E-state index is 14.0. The third-order valence-corrected chi connectivity index (χ3v) is 8.78. The highest BCUT2D eigenvalue weighted by Gasteiger charge is 2.42. The van der Waals surface area contributed by atoms with Crippen LogP contribution in [0, 0.1) is 5.82 Å².